The molecule has 0 bridgehead atoms. The van der Waals surface area contributed by atoms with E-state index in [4.69, 9.17) is 0 Å². The Labute approximate surface area is 86.5 Å². The van der Waals surface area contributed by atoms with Gasteiger partial charge in [0.25, 0.3) is 0 Å². The summed E-state index contributed by atoms with van der Waals surface area (Å²) in [6.45, 7) is 4.39. The zero-order valence-electron chi connectivity index (χ0n) is 8.92. The molecule has 14 heavy (non-hydrogen) atoms. The lowest BCUT2D eigenvalue weighted by Crippen LogP contribution is -2.15. The number of hydrogen-bond acceptors (Lipinski definition) is 1. The molecule has 1 saturated carbocycles. The monoisotopic (exact) mass is 189 g/mol. The van der Waals surface area contributed by atoms with Gasteiger partial charge in [0, 0.05) is 6.54 Å². The highest BCUT2D eigenvalue weighted by Gasteiger charge is 2.19. The maximum Gasteiger partial charge on any atom is 0.0208 e. The molecule has 1 fully saturated rings. The van der Waals surface area contributed by atoms with Crippen LogP contribution >= 0.6 is 0 Å². The Hall–Kier alpha value is -0.820. The van der Waals surface area contributed by atoms with Crippen LogP contribution in [0.5, 0.6) is 0 Å². The van der Waals surface area contributed by atoms with E-state index < -0.39 is 0 Å². The van der Waals surface area contributed by atoms with Crippen LogP contribution in [0, 0.1) is 12.8 Å². The number of hydrogen-bond donors (Lipinski definition) is 1. The lowest BCUT2D eigenvalue weighted by Gasteiger charge is -2.06. The number of benzene rings is 1. The van der Waals surface area contributed by atoms with Crippen molar-refractivity contribution in [2.75, 3.05) is 6.54 Å². The first-order valence-corrected chi connectivity index (χ1v) is 5.61. The SMILES string of the molecule is Cc1ccccc1CNCCC1CC1. The summed E-state index contributed by atoms with van der Waals surface area (Å²) in [5, 5.41) is 3.51. The topological polar surface area (TPSA) is 12.0 Å². The minimum atomic E-state index is 1.03. The summed E-state index contributed by atoms with van der Waals surface area (Å²) >= 11 is 0. The van der Waals surface area contributed by atoms with Gasteiger partial charge in [-0.3, -0.25) is 0 Å². The lowest BCUT2D eigenvalue weighted by atomic mass is 10.1. The van der Waals surface area contributed by atoms with Gasteiger partial charge in [0.05, 0.1) is 0 Å². The van der Waals surface area contributed by atoms with Crippen molar-refractivity contribution in [3.05, 3.63) is 35.4 Å². The molecule has 0 aliphatic heterocycles. The van der Waals surface area contributed by atoms with Gasteiger partial charge < -0.3 is 5.32 Å². The Morgan fingerprint density at radius 3 is 2.79 bits per heavy atom. The third-order valence-electron chi connectivity index (χ3n) is 3.00. The predicted molar refractivity (Wildman–Crippen MR) is 60.2 cm³/mol. The van der Waals surface area contributed by atoms with Crippen LogP contribution in [0.25, 0.3) is 0 Å². The summed E-state index contributed by atoms with van der Waals surface area (Å²) < 4.78 is 0. The van der Waals surface area contributed by atoms with Gasteiger partial charge in [-0.1, -0.05) is 37.1 Å². The molecule has 2 rings (SSSR count). The third kappa shape index (κ3) is 2.85. The smallest absolute Gasteiger partial charge is 0.0208 e. The zero-order valence-corrected chi connectivity index (χ0v) is 8.92. The first-order valence-electron chi connectivity index (χ1n) is 5.61. The molecular formula is C13H19N. The fourth-order valence-corrected chi connectivity index (χ4v) is 1.74. The van der Waals surface area contributed by atoms with Crippen LogP contribution in [-0.2, 0) is 6.54 Å². The fraction of sp³-hybridized carbons (Fsp3) is 0.538. The number of rotatable bonds is 5. The van der Waals surface area contributed by atoms with E-state index in [1.807, 2.05) is 0 Å². The average molecular weight is 189 g/mol. The van der Waals surface area contributed by atoms with Gasteiger partial charge >= 0.3 is 0 Å². The van der Waals surface area contributed by atoms with Gasteiger partial charge in [-0.15, -0.1) is 0 Å². The van der Waals surface area contributed by atoms with E-state index in [2.05, 4.69) is 36.5 Å². The quantitative estimate of drug-likeness (QED) is 0.702. The van der Waals surface area contributed by atoms with Gasteiger partial charge in [0.1, 0.15) is 0 Å². The highest BCUT2D eigenvalue weighted by atomic mass is 14.8. The Bertz CT molecular complexity index is 289. The molecule has 1 aliphatic carbocycles. The van der Waals surface area contributed by atoms with Crippen molar-refractivity contribution in [1.82, 2.24) is 5.32 Å². The molecule has 0 saturated heterocycles. The average Bonchev–Trinajstić information content (AvgIpc) is 2.99. The first-order chi connectivity index (χ1) is 6.86. The van der Waals surface area contributed by atoms with Crippen molar-refractivity contribution in [2.24, 2.45) is 5.92 Å². The summed E-state index contributed by atoms with van der Waals surface area (Å²) in [6.07, 6.45) is 4.30. The van der Waals surface area contributed by atoms with Gasteiger partial charge in [-0.2, -0.15) is 0 Å². The fourth-order valence-electron chi connectivity index (χ4n) is 1.74. The molecule has 0 unspecified atom stereocenters. The van der Waals surface area contributed by atoms with E-state index in [0.29, 0.717) is 0 Å². The van der Waals surface area contributed by atoms with Crippen LogP contribution in [0.4, 0.5) is 0 Å². The zero-order chi connectivity index (χ0) is 9.80. The van der Waals surface area contributed by atoms with Crippen LogP contribution in [0.1, 0.15) is 30.4 Å². The summed E-state index contributed by atoms with van der Waals surface area (Å²) in [5.41, 5.74) is 2.83. The predicted octanol–water partition coefficient (Wildman–Crippen LogP) is 2.88. The first kappa shape index (κ1) is 9.72. The van der Waals surface area contributed by atoms with Crippen LogP contribution < -0.4 is 5.32 Å². The van der Waals surface area contributed by atoms with Crippen LogP contribution in [-0.4, -0.2) is 6.54 Å². The van der Waals surface area contributed by atoms with Crippen molar-refractivity contribution >= 4 is 0 Å². The minimum absolute atomic E-state index is 1.03. The minimum Gasteiger partial charge on any atom is -0.313 e. The third-order valence-corrected chi connectivity index (χ3v) is 3.00. The van der Waals surface area contributed by atoms with E-state index in [1.165, 1.54) is 36.9 Å². The highest BCUT2D eigenvalue weighted by molar-refractivity contribution is 5.25. The maximum absolute atomic E-state index is 3.51. The molecule has 1 nitrogen and oxygen atoms in total. The Morgan fingerprint density at radius 2 is 2.07 bits per heavy atom. The van der Waals surface area contributed by atoms with E-state index >= 15 is 0 Å². The summed E-state index contributed by atoms with van der Waals surface area (Å²) in [6, 6.07) is 8.60. The lowest BCUT2D eigenvalue weighted by molar-refractivity contribution is 0.612. The molecule has 0 radical (unpaired) electrons. The molecule has 1 heteroatoms. The molecule has 1 aromatic carbocycles. The van der Waals surface area contributed by atoms with Gasteiger partial charge in [-0.05, 0) is 36.9 Å². The van der Waals surface area contributed by atoms with Crippen molar-refractivity contribution < 1.29 is 0 Å². The van der Waals surface area contributed by atoms with Crippen LogP contribution in [0.3, 0.4) is 0 Å². The Balaban J connectivity index is 1.71. The summed E-state index contributed by atoms with van der Waals surface area (Å²) in [5.74, 6) is 1.04. The highest BCUT2D eigenvalue weighted by Crippen LogP contribution is 2.31. The molecular weight excluding hydrogens is 170 g/mol. The van der Waals surface area contributed by atoms with Crippen molar-refractivity contribution in [2.45, 2.75) is 32.7 Å². The standard InChI is InChI=1S/C13H19N/c1-11-4-2-3-5-13(11)10-14-9-8-12-6-7-12/h2-5,12,14H,6-10H2,1H3. The summed E-state index contributed by atoms with van der Waals surface area (Å²) in [4.78, 5) is 0. The molecule has 0 atom stereocenters. The van der Waals surface area contributed by atoms with Crippen molar-refractivity contribution in [3.8, 4) is 0 Å². The molecule has 0 heterocycles. The maximum atomic E-state index is 3.51. The second-order valence-electron chi connectivity index (χ2n) is 4.34. The largest absolute Gasteiger partial charge is 0.313 e. The molecule has 1 aliphatic rings. The second kappa shape index (κ2) is 4.61. The molecule has 1 aromatic rings. The normalized spacial score (nSPS) is 15.8. The van der Waals surface area contributed by atoms with E-state index in [0.717, 1.165) is 12.5 Å². The van der Waals surface area contributed by atoms with Crippen molar-refractivity contribution in [3.63, 3.8) is 0 Å². The molecule has 76 valence electrons. The molecule has 0 amide bonds. The van der Waals surface area contributed by atoms with Crippen LogP contribution in [0.2, 0.25) is 0 Å². The molecule has 0 aromatic heterocycles. The number of aryl methyl sites for hydroxylation is 1. The number of nitrogens with one attached hydrogen (secondary N) is 1. The molecule has 1 N–H and O–H groups in total. The Kier molecular flexibility index (Phi) is 3.20. The van der Waals surface area contributed by atoms with Gasteiger partial charge in [0.15, 0.2) is 0 Å². The van der Waals surface area contributed by atoms with Gasteiger partial charge in [0.2, 0.25) is 0 Å². The molecule has 0 spiro atoms. The van der Waals surface area contributed by atoms with E-state index in [-0.39, 0.29) is 0 Å². The van der Waals surface area contributed by atoms with Crippen LogP contribution in [0.15, 0.2) is 24.3 Å². The summed E-state index contributed by atoms with van der Waals surface area (Å²) in [7, 11) is 0. The van der Waals surface area contributed by atoms with Crippen molar-refractivity contribution in [1.29, 1.82) is 0 Å². The second-order valence-corrected chi connectivity index (χ2v) is 4.34. The van der Waals surface area contributed by atoms with E-state index in [9.17, 15) is 0 Å². The van der Waals surface area contributed by atoms with Gasteiger partial charge in [-0.25, -0.2) is 0 Å². The van der Waals surface area contributed by atoms with E-state index in [1.54, 1.807) is 0 Å². The Morgan fingerprint density at radius 1 is 1.29 bits per heavy atom.